The van der Waals surface area contributed by atoms with E-state index in [4.69, 9.17) is 22.3 Å². The van der Waals surface area contributed by atoms with E-state index in [1.165, 1.54) is 18.7 Å². The normalized spacial score (nSPS) is 20.0. The Bertz CT molecular complexity index is 1410. The van der Waals surface area contributed by atoms with Gasteiger partial charge in [-0.1, -0.05) is 0 Å². The molecule has 0 aromatic carbocycles. The van der Waals surface area contributed by atoms with Crippen molar-refractivity contribution >= 4 is 53.3 Å². The number of carboxylic acids is 1. The summed E-state index contributed by atoms with van der Waals surface area (Å²) in [7, 11) is 0. The highest BCUT2D eigenvalue weighted by molar-refractivity contribution is 5.97. The number of nitrogens with one attached hydrogen (secondary N) is 5. The lowest BCUT2D eigenvalue weighted by molar-refractivity contribution is -0.145. The maximum atomic E-state index is 13.6. The maximum Gasteiger partial charge on any atom is 0.326 e. The molecule has 23 nitrogen and oxygen atoms in total. The van der Waals surface area contributed by atoms with Crippen LogP contribution in [-0.2, 0) is 38.4 Å². The van der Waals surface area contributed by atoms with Crippen LogP contribution in [-0.4, -0.2) is 171 Å². The second kappa shape index (κ2) is 21.5. The first-order valence-electron chi connectivity index (χ1n) is 17.5. The second-order valence-electron chi connectivity index (χ2n) is 13.0. The number of guanidine groups is 1. The number of nitrogens with two attached hydrogens (primary N) is 3. The average molecular weight is 772 g/mol. The molecule has 23 heteroatoms. The highest BCUT2D eigenvalue weighted by Gasteiger charge is 2.41. The Morgan fingerprint density at radius 1 is 0.796 bits per heavy atom. The lowest BCUT2D eigenvalue weighted by Gasteiger charge is -2.31. The molecule has 2 rings (SSSR count). The number of hydrogen-bond donors (Lipinski definition) is 12. The first kappa shape index (κ1) is 45.0. The quantitative estimate of drug-likeness (QED) is 0.0311. The van der Waals surface area contributed by atoms with Crippen molar-refractivity contribution in [3.8, 4) is 0 Å². The molecule has 0 spiro atoms. The van der Waals surface area contributed by atoms with Gasteiger partial charge in [-0.3, -0.25) is 38.6 Å². The summed E-state index contributed by atoms with van der Waals surface area (Å²) in [6.07, 6.45) is -0.136. The zero-order chi connectivity index (χ0) is 40.7. The van der Waals surface area contributed by atoms with Crippen LogP contribution in [0.2, 0.25) is 0 Å². The molecule has 0 aliphatic carbocycles. The predicted molar refractivity (Wildman–Crippen MR) is 187 cm³/mol. The molecule has 15 N–H and O–H groups in total. The third-order valence-corrected chi connectivity index (χ3v) is 8.80. The largest absolute Gasteiger partial charge is 0.480 e. The van der Waals surface area contributed by atoms with Crippen LogP contribution in [0.3, 0.4) is 0 Å². The van der Waals surface area contributed by atoms with Gasteiger partial charge in [-0.15, -0.1) is 0 Å². The van der Waals surface area contributed by atoms with Gasteiger partial charge in [0, 0.05) is 19.6 Å². The number of aliphatic hydroxyl groups is 3. The zero-order valence-electron chi connectivity index (χ0n) is 30.2. The van der Waals surface area contributed by atoms with Gasteiger partial charge < -0.3 is 74.0 Å². The Morgan fingerprint density at radius 3 is 1.93 bits per heavy atom. The lowest BCUT2D eigenvalue weighted by Crippen LogP contribution is -2.60. The number of rotatable bonds is 20. The molecule has 304 valence electrons. The van der Waals surface area contributed by atoms with Gasteiger partial charge in [0.15, 0.2) is 5.96 Å². The van der Waals surface area contributed by atoms with Crippen LogP contribution in [0.5, 0.6) is 0 Å². The minimum absolute atomic E-state index is 0.0377. The van der Waals surface area contributed by atoms with Crippen LogP contribution in [0, 0.1) is 0 Å². The Kier molecular flexibility index (Phi) is 18.0. The SMILES string of the molecule is C[C@H](NC(=O)[C@@H](N)CO)C(=O)N1CCC[C@H]1C(=O)NCC(=O)N[C@H](C(=O)N1CCC[C@H]1C(=O)N[C@@H](CO)C(=O)N[C@@H](CCCN=C(N)N)C(=O)O)[C@@H](C)O. The minimum atomic E-state index is -1.58. The Balaban J connectivity index is 1.99. The fourth-order valence-corrected chi connectivity index (χ4v) is 5.89. The van der Waals surface area contributed by atoms with E-state index in [-0.39, 0.29) is 51.3 Å². The summed E-state index contributed by atoms with van der Waals surface area (Å²) in [5.41, 5.74) is 16.0. The molecule has 2 heterocycles. The molecule has 0 aromatic heterocycles. The highest BCUT2D eigenvalue weighted by atomic mass is 16.4. The number of nitrogens with zero attached hydrogens (tertiary/aromatic N) is 3. The minimum Gasteiger partial charge on any atom is -0.480 e. The molecule has 2 fully saturated rings. The summed E-state index contributed by atoms with van der Waals surface area (Å²) in [6.45, 7) is 0.783. The number of aliphatic imine (C=N–C) groups is 1. The number of hydrogen-bond acceptors (Lipinski definition) is 13. The van der Waals surface area contributed by atoms with E-state index < -0.39 is 115 Å². The van der Waals surface area contributed by atoms with Gasteiger partial charge in [0.1, 0.15) is 42.3 Å². The van der Waals surface area contributed by atoms with E-state index in [1.54, 1.807) is 0 Å². The molecular weight excluding hydrogens is 718 g/mol. The number of aliphatic hydroxyl groups excluding tert-OH is 3. The van der Waals surface area contributed by atoms with Crippen LogP contribution in [0.15, 0.2) is 4.99 Å². The third-order valence-electron chi connectivity index (χ3n) is 8.80. The number of carbonyl (C=O) groups excluding carboxylic acids is 7. The summed E-state index contributed by atoms with van der Waals surface area (Å²) in [6, 6.07) is -8.97. The Morgan fingerprint density at radius 2 is 1.39 bits per heavy atom. The van der Waals surface area contributed by atoms with E-state index >= 15 is 0 Å². The van der Waals surface area contributed by atoms with Crippen molar-refractivity contribution < 1.29 is 58.8 Å². The van der Waals surface area contributed by atoms with Crippen LogP contribution in [0.4, 0.5) is 0 Å². The maximum absolute atomic E-state index is 13.6. The average Bonchev–Trinajstić information content (AvgIpc) is 3.82. The van der Waals surface area contributed by atoms with Crippen molar-refractivity contribution in [2.45, 2.75) is 101 Å². The van der Waals surface area contributed by atoms with Crippen molar-refractivity contribution in [2.24, 2.45) is 22.2 Å². The molecule has 0 saturated carbocycles. The number of likely N-dealkylation sites (tertiary alicyclic amines) is 2. The van der Waals surface area contributed by atoms with E-state index in [0.29, 0.717) is 12.8 Å². The summed E-state index contributed by atoms with van der Waals surface area (Å²) in [5.74, 6) is -7.14. The van der Waals surface area contributed by atoms with Crippen LogP contribution >= 0.6 is 0 Å². The molecule has 2 aliphatic rings. The van der Waals surface area contributed by atoms with Gasteiger partial charge in [0.05, 0.1) is 25.9 Å². The monoisotopic (exact) mass is 771 g/mol. The van der Waals surface area contributed by atoms with Crippen molar-refractivity contribution in [1.82, 2.24) is 36.4 Å². The second-order valence-corrected chi connectivity index (χ2v) is 13.0. The molecule has 8 atom stereocenters. The first-order valence-corrected chi connectivity index (χ1v) is 17.5. The Hall–Kier alpha value is -5.13. The van der Waals surface area contributed by atoms with Crippen molar-refractivity contribution in [2.75, 3.05) is 39.4 Å². The molecular formula is C31H53N11O12. The van der Waals surface area contributed by atoms with E-state index in [2.05, 4.69) is 31.6 Å². The lowest BCUT2D eigenvalue weighted by atomic mass is 10.1. The standard InChI is InChI=1S/C31H53N11O12/c1-15(37-24(47)17(32)13-43)28(51)41-10-4-7-20(41)26(49)36-12-22(46)40-23(16(2)45)29(52)42-11-5-8-21(42)27(50)39-19(14-44)25(48)38-18(30(53)54)6-3-9-35-31(33)34/h15-21,23,43-45H,3-14,32H2,1-2H3,(H,36,49)(H,37,47)(H,38,48)(H,39,50)(H,40,46)(H,53,54)(H4,33,34,35)/t15-,16+,17-,18-,19-,20-,21-,23-/m0/s1. The Labute approximate surface area is 310 Å². The molecule has 0 unspecified atom stereocenters. The fourth-order valence-electron chi connectivity index (χ4n) is 5.89. The van der Waals surface area contributed by atoms with E-state index in [1.807, 2.05) is 0 Å². The summed E-state index contributed by atoms with van der Waals surface area (Å²) < 4.78 is 0. The third kappa shape index (κ3) is 13.1. The van der Waals surface area contributed by atoms with E-state index in [0.717, 1.165) is 4.90 Å². The predicted octanol–water partition coefficient (Wildman–Crippen LogP) is -7.13. The van der Waals surface area contributed by atoms with Crippen molar-refractivity contribution in [3.63, 3.8) is 0 Å². The van der Waals surface area contributed by atoms with Crippen LogP contribution in [0.1, 0.15) is 52.4 Å². The van der Waals surface area contributed by atoms with Gasteiger partial charge in [-0.25, -0.2) is 4.79 Å². The molecule has 54 heavy (non-hydrogen) atoms. The molecule has 2 saturated heterocycles. The highest BCUT2D eigenvalue weighted by Crippen LogP contribution is 2.20. The van der Waals surface area contributed by atoms with Gasteiger partial charge in [0.25, 0.3) is 0 Å². The van der Waals surface area contributed by atoms with Crippen LogP contribution in [0.25, 0.3) is 0 Å². The smallest absolute Gasteiger partial charge is 0.326 e. The molecule has 0 aromatic rings. The molecule has 7 amide bonds. The van der Waals surface area contributed by atoms with Gasteiger partial charge in [-0.2, -0.15) is 0 Å². The molecule has 0 bridgehead atoms. The zero-order valence-corrected chi connectivity index (χ0v) is 30.2. The fraction of sp³-hybridized carbons (Fsp3) is 0.710. The summed E-state index contributed by atoms with van der Waals surface area (Å²) in [4.78, 5) is 108. The number of amides is 7. The van der Waals surface area contributed by atoms with Gasteiger partial charge in [-0.05, 0) is 52.4 Å². The first-order chi connectivity index (χ1) is 25.4. The summed E-state index contributed by atoms with van der Waals surface area (Å²) in [5, 5.41) is 50.5. The van der Waals surface area contributed by atoms with E-state index in [9.17, 15) is 53.7 Å². The number of carbonyl (C=O) groups is 8. The number of carboxylic acid groups (broad SMARTS) is 1. The van der Waals surface area contributed by atoms with Gasteiger partial charge >= 0.3 is 5.97 Å². The topological polar surface area (TPSA) is 375 Å². The molecule has 2 aliphatic heterocycles. The van der Waals surface area contributed by atoms with Crippen molar-refractivity contribution in [3.05, 3.63) is 0 Å². The van der Waals surface area contributed by atoms with Gasteiger partial charge in [0.2, 0.25) is 41.4 Å². The summed E-state index contributed by atoms with van der Waals surface area (Å²) >= 11 is 0. The molecule has 0 radical (unpaired) electrons. The number of aliphatic carboxylic acids is 1. The van der Waals surface area contributed by atoms with Crippen LogP contribution < -0.4 is 43.8 Å². The van der Waals surface area contributed by atoms with Crippen molar-refractivity contribution in [1.29, 1.82) is 0 Å².